The van der Waals surface area contributed by atoms with E-state index in [2.05, 4.69) is 5.32 Å². The Morgan fingerprint density at radius 1 is 1.30 bits per heavy atom. The van der Waals surface area contributed by atoms with E-state index in [1.807, 2.05) is 19.1 Å². The number of hydrogen-bond donors (Lipinski definition) is 1. The summed E-state index contributed by atoms with van der Waals surface area (Å²) in [5.74, 6) is -0.824. The first-order valence-electron chi connectivity index (χ1n) is 7.37. The van der Waals surface area contributed by atoms with Crippen LogP contribution in [0, 0.1) is 6.92 Å². The van der Waals surface area contributed by atoms with Gasteiger partial charge >= 0.3 is 5.97 Å². The summed E-state index contributed by atoms with van der Waals surface area (Å²) in [6.45, 7) is 1.55. The van der Waals surface area contributed by atoms with Gasteiger partial charge in [-0.15, -0.1) is 11.3 Å². The van der Waals surface area contributed by atoms with Crippen molar-refractivity contribution in [3.8, 4) is 0 Å². The summed E-state index contributed by atoms with van der Waals surface area (Å²) in [7, 11) is 0. The fourth-order valence-electron chi connectivity index (χ4n) is 2.55. The number of esters is 1. The highest BCUT2D eigenvalue weighted by Crippen LogP contribution is 2.30. The van der Waals surface area contributed by atoms with E-state index in [-0.39, 0.29) is 12.5 Å². The van der Waals surface area contributed by atoms with Crippen LogP contribution in [0.3, 0.4) is 0 Å². The number of thiophene rings is 1. The Kier molecular flexibility index (Phi) is 4.68. The molecule has 0 aliphatic heterocycles. The zero-order valence-electron chi connectivity index (χ0n) is 12.6. The topological polar surface area (TPSA) is 55.4 Å². The molecule has 1 aliphatic carbocycles. The molecule has 6 heteroatoms. The highest BCUT2D eigenvalue weighted by molar-refractivity contribution is 7.14. The molecule has 0 bridgehead atoms. The lowest BCUT2D eigenvalue weighted by Gasteiger charge is -2.09. The second kappa shape index (κ2) is 6.72. The van der Waals surface area contributed by atoms with Crippen molar-refractivity contribution in [2.75, 3.05) is 11.9 Å². The molecular weight excluding hydrogens is 334 g/mol. The number of carbonyl (C=O) groups excluding carboxylic acids is 2. The summed E-state index contributed by atoms with van der Waals surface area (Å²) < 4.78 is 5.10. The van der Waals surface area contributed by atoms with Crippen LogP contribution in [0.15, 0.2) is 24.3 Å². The first-order valence-corrected chi connectivity index (χ1v) is 8.57. The van der Waals surface area contributed by atoms with E-state index < -0.39 is 5.97 Å². The van der Waals surface area contributed by atoms with Crippen LogP contribution in [0.25, 0.3) is 0 Å². The Morgan fingerprint density at radius 3 is 2.91 bits per heavy atom. The fourth-order valence-corrected chi connectivity index (χ4v) is 3.87. The third kappa shape index (κ3) is 3.74. The van der Waals surface area contributed by atoms with Gasteiger partial charge in [-0.2, -0.15) is 0 Å². The van der Waals surface area contributed by atoms with E-state index in [1.165, 1.54) is 21.8 Å². The van der Waals surface area contributed by atoms with Crippen LogP contribution in [-0.2, 0) is 22.4 Å². The van der Waals surface area contributed by atoms with Gasteiger partial charge < -0.3 is 10.1 Å². The molecule has 1 aromatic carbocycles. The molecular formula is C17H16ClNO3S. The third-order valence-electron chi connectivity index (χ3n) is 3.76. The Bertz CT molecular complexity index is 748. The molecule has 4 nitrogen and oxygen atoms in total. The van der Waals surface area contributed by atoms with Gasteiger partial charge in [-0.3, -0.25) is 4.79 Å². The number of hydrogen-bond acceptors (Lipinski definition) is 4. The molecule has 0 radical (unpaired) electrons. The Hall–Kier alpha value is -1.85. The number of anilines is 1. The number of fused-ring (bicyclic) bond motifs is 1. The molecule has 2 aromatic rings. The second-order valence-electron chi connectivity index (χ2n) is 5.50. The predicted molar refractivity (Wildman–Crippen MR) is 91.4 cm³/mol. The van der Waals surface area contributed by atoms with E-state index in [1.54, 1.807) is 12.1 Å². The number of rotatable bonds is 4. The maximum absolute atomic E-state index is 12.0. The van der Waals surface area contributed by atoms with E-state index in [9.17, 15) is 9.59 Å². The summed E-state index contributed by atoms with van der Waals surface area (Å²) in [5, 5.41) is 3.24. The maximum Gasteiger partial charge on any atom is 0.348 e. The number of amides is 1. The van der Waals surface area contributed by atoms with E-state index in [4.69, 9.17) is 16.3 Å². The molecule has 120 valence electrons. The Labute approximate surface area is 143 Å². The lowest BCUT2D eigenvalue weighted by molar-refractivity contribution is -0.119. The van der Waals surface area contributed by atoms with Gasteiger partial charge in [-0.05, 0) is 55.5 Å². The minimum absolute atomic E-state index is 0.312. The zero-order chi connectivity index (χ0) is 16.4. The van der Waals surface area contributed by atoms with Crippen LogP contribution in [0.1, 0.15) is 32.1 Å². The number of benzene rings is 1. The van der Waals surface area contributed by atoms with Crippen molar-refractivity contribution in [1.29, 1.82) is 0 Å². The average molecular weight is 350 g/mol. The van der Waals surface area contributed by atoms with Crippen LogP contribution in [0.4, 0.5) is 5.69 Å². The van der Waals surface area contributed by atoms with Crippen molar-refractivity contribution in [1.82, 2.24) is 0 Å². The van der Waals surface area contributed by atoms with Gasteiger partial charge in [0, 0.05) is 15.6 Å². The molecule has 0 spiro atoms. The number of ether oxygens (including phenoxy) is 1. The number of aryl methyl sites for hydroxylation is 3. The monoisotopic (exact) mass is 349 g/mol. The minimum Gasteiger partial charge on any atom is -0.451 e. The maximum atomic E-state index is 12.0. The SMILES string of the molecule is Cc1ccc(Cl)cc1NC(=O)COC(=O)c1cc2c(s1)CCC2. The predicted octanol–water partition coefficient (Wildman–Crippen LogP) is 3.99. The fraction of sp³-hybridized carbons (Fsp3) is 0.294. The molecule has 23 heavy (non-hydrogen) atoms. The van der Waals surface area contributed by atoms with Crippen LogP contribution in [-0.4, -0.2) is 18.5 Å². The van der Waals surface area contributed by atoms with Crippen molar-refractivity contribution >= 4 is 40.5 Å². The smallest absolute Gasteiger partial charge is 0.348 e. The summed E-state index contributed by atoms with van der Waals surface area (Å²) in [4.78, 5) is 25.8. The Morgan fingerprint density at radius 2 is 2.13 bits per heavy atom. The van der Waals surface area contributed by atoms with E-state index in [0.717, 1.165) is 24.8 Å². The highest BCUT2D eigenvalue weighted by atomic mass is 35.5. The van der Waals surface area contributed by atoms with Crippen molar-refractivity contribution in [2.45, 2.75) is 26.2 Å². The Balaban J connectivity index is 1.56. The van der Waals surface area contributed by atoms with Crippen molar-refractivity contribution < 1.29 is 14.3 Å². The van der Waals surface area contributed by atoms with Gasteiger partial charge in [0.05, 0.1) is 0 Å². The normalized spacial score (nSPS) is 12.8. The molecule has 1 aromatic heterocycles. The first-order chi connectivity index (χ1) is 11.0. The highest BCUT2D eigenvalue weighted by Gasteiger charge is 2.20. The molecule has 1 heterocycles. The standard InChI is InChI=1S/C17H16ClNO3S/c1-10-5-6-12(18)8-13(10)19-16(20)9-22-17(21)15-7-11-3-2-4-14(11)23-15/h5-8H,2-4,9H2,1H3,(H,19,20). The number of nitrogens with one attached hydrogen (secondary N) is 1. The van der Waals surface area contributed by atoms with Gasteiger partial charge in [0.2, 0.25) is 0 Å². The molecule has 3 rings (SSSR count). The molecule has 0 unspecified atom stereocenters. The van der Waals surface area contributed by atoms with Crippen LogP contribution in [0.2, 0.25) is 5.02 Å². The number of carbonyl (C=O) groups is 2. The van der Waals surface area contributed by atoms with Crippen molar-refractivity contribution in [3.63, 3.8) is 0 Å². The second-order valence-corrected chi connectivity index (χ2v) is 7.07. The van der Waals surface area contributed by atoms with Gasteiger partial charge in [0.1, 0.15) is 4.88 Å². The van der Waals surface area contributed by atoms with Gasteiger partial charge in [0.15, 0.2) is 6.61 Å². The average Bonchev–Trinajstić information content (AvgIpc) is 3.10. The lowest BCUT2D eigenvalue weighted by Crippen LogP contribution is -2.21. The molecule has 1 N–H and O–H groups in total. The van der Waals surface area contributed by atoms with Gasteiger partial charge in [-0.1, -0.05) is 17.7 Å². The van der Waals surface area contributed by atoms with Gasteiger partial charge in [0.25, 0.3) is 5.91 Å². The van der Waals surface area contributed by atoms with Crippen LogP contribution in [0.5, 0.6) is 0 Å². The summed E-state index contributed by atoms with van der Waals surface area (Å²) in [6, 6.07) is 7.12. The summed E-state index contributed by atoms with van der Waals surface area (Å²) in [6.07, 6.45) is 3.20. The molecule has 0 saturated heterocycles. The van der Waals surface area contributed by atoms with Gasteiger partial charge in [-0.25, -0.2) is 4.79 Å². The van der Waals surface area contributed by atoms with Crippen molar-refractivity contribution in [3.05, 3.63) is 50.2 Å². The van der Waals surface area contributed by atoms with E-state index >= 15 is 0 Å². The first kappa shape index (κ1) is 16.0. The van der Waals surface area contributed by atoms with Crippen molar-refractivity contribution in [2.24, 2.45) is 0 Å². The lowest BCUT2D eigenvalue weighted by atomic mass is 10.2. The molecule has 1 aliphatic rings. The third-order valence-corrected chi connectivity index (χ3v) is 5.21. The molecule has 1 amide bonds. The van der Waals surface area contributed by atoms with Crippen LogP contribution >= 0.6 is 22.9 Å². The summed E-state index contributed by atoms with van der Waals surface area (Å²) >= 11 is 7.38. The van der Waals surface area contributed by atoms with E-state index in [0.29, 0.717) is 15.6 Å². The van der Waals surface area contributed by atoms with Crippen LogP contribution < -0.4 is 5.32 Å². The largest absolute Gasteiger partial charge is 0.451 e. The molecule has 0 saturated carbocycles. The quantitative estimate of drug-likeness (QED) is 0.849. The number of halogens is 1. The molecule has 0 fully saturated rings. The molecule has 0 atom stereocenters. The summed E-state index contributed by atoms with van der Waals surface area (Å²) in [5.41, 5.74) is 2.75. The minimum atomic E-state index is -0.442. The zero-order valence-corrected chi connectivity index (χ0v) is 14.2.